The fourth-order valence-corrected chi connectivity index (χ4v) is 4.03. The maximum Gasteiger partial charge on any atom is 0.225 e. The molecule has 1 atom stereocenters. The summed E-state index contributed by atoms with van der Waals surface area (Å²) in [5, 5.41) is 2.37. The van der Waals surface area contributed by atoms with E-state index in [1.807, 2.05) is 54.5 Å². The number of hydrogen-bond donors (Lipinski definition) is 0. The summed E-state index contributed by atoms with van der Waals surface area (Å²) < 4.78 is 5.21. The third kappa shape index (κ3) is 4.19. The van der Waals surface area contributed by atoms with Gasteiger partial charge in [-0.25, -0.2) is 0 Å². The van der Waals surface area contributed by atoms with Crippen LogP contribution in [-0.2, 0) is 11.2 Å². The molecule has 1 fully saturated rings. The van der Waals surface area contributed by atoms with Crippen LogP contribution in [0.2, 0.25) is 0 Å². The van der Waals surface area contributed by atoms with Crippen molar-refractivity contribution in [2.24, 2.45) is 5.92 Å². The number of hydrogen-bond acceptors (Lipinski definition) is 4. The molecule has 1 amide bonds. The van der Waals surface area contributed by atoms with E-state index in [4.69, 9.17) is 4.74 Å². The van der Waals surface area contributed by atoms with Crippen LogP contribution in [0.15, 0.2) is 60.9 Å². The van der Waals surface area contributed by atoms with Gasteiger partial charge in [0.15, 0.2) is 0 Å². The second-order valence-corrected chi connectivity index (χ2v) is 7.65. The Bertz CT molecular complexity index is 974. The van der Waals surface area contributed by atoms with E-state index in [0.717, 1.165) is 55.0 Å². The number of fused-ring (bicyclic) bond motifs is 1. The van der Waals surface area contributed by atoms with Gasteiger partial charge < -0.3 is 14.5 Å². The van der Waals surface area contributed by atoms with Crippen LogP contribution in [0.4, 0.5) is 5.69 Å². The zero-order chi connectivity index (χ0) is 20.2. The van der Waals surface area contributed by atoms with Crippen molar-refractivity contribution in [3.8, 4) is 5.75 Å². The second-order valence-electron chi connectivity index (χ2n) is 7.65. The molecule has 0 aliphatic carbocycles. The van der Waals surface area contributed by atoms with Gasteiger partial charge >= 0.3 is 0 Å². The van der Waals surface area contributed by atoms with Gasteiger partial charge in [-0.2, -0.15) is 0 Å². The lowest BCUT2D eigenvalue weighted by Crippen LogP contribution is -2.50. The number of amides is 1. The van der Waals surface area contributed by atoms with Gasteiger partial charge in [-0.3, -0.25) is 9.78 Å². The van der Waals surface area contributed by atoms with Crippen molar-refractivity contribution in [1.29, 1.82) is 0 Å². The molecular formula is C24H27N3O2. The predicted octanol–water partition coefficient (Wildman–Crippen LogP) is 3.77. The van der Waals surface area contributed by atoms with Crippen molar-refractivity contribution < 1.29 is 9.53 Å². The van der Waals surface area contributed by atoms with Crippen LogP contribution in [0, 0.1) is 5.92 Å². The SMILES string of the molecule is COc1ccc(CC(C)C(=O)N2CCN(c3cncc4ccccc34)CC2)cc1. The fraction of sp³-hybridized carbons (Fsp3) is 0.333. The van der Waals surface area contributed by atoms with Crippen LogP contribution < -0.4 is 9.64 Å². The minimum atomic E-state index is -0.0332. The van der Waals surface area contributed by atoms with Crippen LogP contribution >= 0.6 is 0 Å². The van der Waals surface area contributed by atoms with E-state index in [1.54, 1.807) is 7.11 Å². The normalized spacial score (nSPS) is 15.4. The van der Waals surface area contributed by atoms with Crippen molar-refractivity contribution in [1.82, 2.24) is 9.88 Å². The Morgan fingerprint density at radius 2 is 1.76 bits per heavy atom. The zero-order valence-corrected chi connectivity index (χ0v) is 17.0. The largest absolute Gasteiger partial charge is 0.497 e. The second kappa shape index (κ2) is 8.52. The minimum Gasteiger partial charge on any atom is -0.497 e. The zero-order valence-electron chi connectivity index (χ0n) is 17.0. The number of ether oxygens (including phenoxy) is 1. The van der Waals surface area contributed by atoms with Crippen LogP contribution in [0.25, 0.3) is 10.8 Å². The summed E-state index contributed by atoms with van der Waals surface area (Å²) in [5.74, 6) is 1.04. The lowest BCUT2D eigenvalue weighted by atomic mass is 9.99. The third-order valence-corrected chi connectivity index (χ3v) is 5.70. The molecule has 1 unspecified atom stereocenters. The number of piperazine rings is 1. The summed E-state index contributed by atoms with van der Waals surface area (Å²) >= 11 is 0. The van der Waals surface area contributed by atoms with Crippen molar-refractivity contribution in [3.63, 3.8) is 0 Å². The molecule has 3 aromatic rings. The molecule has 1 aliphatic rings. The average molecular weight is 389 g/mol. The molecule has 1 aliphatic heterocycles. The fourth-order valence-electron chi connectivity index (χ4n) is 4.03. The molecule has 5 nitrogen and oxygen atoms in total. The molecule has 0 N–H and O–H groups in total. The molecule has 2 aromatic carbocycles. The number of rotatable bonds is 5. The first-order chi connectivity index (χ1) is 14.2. The summed E-state index contributed by atoms with van der Waals surface area (Å²) in [7, 11) is 1.66. The summed E-state index contributed by atoms with van der Waals surface area (Å²) in [5.41, 5.74) is 2.31. The summed E-state index contributed by atoms with van der Waals surface area (Å²) in [6, 6.07) is 16.3. The van der Waals surface area contributed by atoms with Gasteiger partial charge in [-0.15, -0.1) is 0 Å². The molecule has 29 heavy (non-hydrogen) atoms. The highest BCUT2D eigenvalue weighted by Gasteiger charge is 2.25. The highest BCUT2D eigenvalue weighted by atomic mass is 16.5. The number of methoxy groups -OCH3 is 1. The molecular weight excluding hydrogens is 362 g/mol. The Labute approximate surface area is 171 Å². The molecule has 1 aromatic heterocycles. The molecule has 0 saturated carbocycles. The van der Waals surface area contributed by atoms with Gasteiger partial charge in [0, 0.05) is 49.1 Å². The maximum atomic E-state index is 13.0. The smallest absolute Gasteiger partial charge is 0.225 e. The Balaban J connectivity index is 1.37. The Kier molecular flexibility index (Phi) is 5.65. The van der Waals surface area contributed by atoms with Gasteiger partial charge in [0.1, 0.15) is 5.75 Å². The molecule has 4 rings (SSSR count). The molecule has 1 saturated heterocycles. The molecule has 5 heteroatoms. The van der Waals surface area contributed by atoms with Crippen LogP contribution in [0.1, 0.15) is 12.5 Å². The van der Waals surface area contributed by atoms with Crippen LogP contribution in [0.5, 0.6) is 5.75 Å². The Morgan fingerprint density at radius 3 is 2.48 bits per heavy atom. The lowest BCUT2D eigenvalue weighted by Gasteiger charge is -2.37. The topological polar surface area (TPSA) is 45.7 Å². The van der Waals surface area contributed by atoms with Crippen molar-refractivity contribution in [3.05, 3.63) is 66.5 Å². The number of pyridine rings is 1. The quantitative estimate of drug-likeness (QED) is 0.666. The monoisotopic (exact) mass is 389 g/mol. The van der Waals surface area contributed by atoms with Gasteiger partial charge in [0.2, 0.25) is 5.91 Å². The summed E-state index contributed by atoms with van der Waals surface area (Å²) in [6.07, 6.45) is 4.59. The summed E-state index contributed by atoms with van der Waals surface area (Å²) in [4.78, 5) is 21.7. The molecule has 0 radical (unpaired) electrons. The molecule has 2 heterocycles. The number of aromatic nitrogens is 1. The van der Waals surface area contributed by atoms with E-state index in [-0.39, 0.29) is 11.8 Å². The van der Waals surface area contributed by atoms with Gasteiger partial charge in [-0.1, -0.05) is 43.3 Å². The highest BCUT2D eigenvalue weighted by molar-refractivity contribution is 5.93. The molecule has 0 bridgehead atoms. The predicted molar refractivity (Wildman–Crippen MR) is 116 cm³/mol. The van der Waals surface area contributed by atoms with Gasteiger partial charge in [0.25, 0.3) is 0 Å². The van der Waals surface area contributed by atoms with Crippen molar-refractivity contribution in [2.45, 2.75) is 13.3 Å². The third-order valence-electron chi connectivity index (χ3n) is 5.70. The first kappa shape index (κ1) is 19.2. The van der Waals surface area contributed by atoms with E-state index >= 15 is 0 Å². The maximum absolute atomic E-state index is 13.0. The van der Waals surface area contributed by atoms with E-state index in [1.165, 1.54) is 5.39 Å². The number of benzene rings is 2. The Hall–Kier alpha value is -3.08. The first-order valence-electron chi connectivity index (χ1n) is 10.1. The summed E-state index contributed by atoms with van der Waals surface area (Å²) in [6.45, 7) is 5.17. The van der Waals surface area contributed by atoms with Crippen molar-refractivity contribution in [2.75, 3.05) is 38.2 Å². The number of nitrogens with zero attached hydrogens (tertiary/aromatic N) is 3. The lowest BCUT2D eigenvalue weighted by molar-refractivity contribution is -0.135. The van der Waals surface area contributed by atoms with Crippen LogP contribution in [-0.4, -0.2) is 49.1 Å². The average Bonchev–Trinajstić information content (AvgIpc) is 2.79. The Morgan fingerprint density at radius 1 is 1.03 bits per heavy atom. The van der Waals surface area contributed by atoms with E-state index in [2.05, 4.69) is 28.1 Å². The van der Waals surface area contributed by atoms with E-state index in [0.29, 0.717) is 0 Å². The van der Waals surface area contributed by atoms with Gasteiger partial charge in [0.05, 0.1) is 19.0 Å². The van der Waals surface area contributed by atoms with E-state index < -0.39 is 0 Å². The molecule has 0 spiro atoms. The van der Waals surface area contributed by atoms with Crippen LogP contribution in [0.3, 0.4) is 0 Å². The minimum absolute atomic E-state index is 0.0332. The number of carbonyl (C=O) groups excluding carboxylic acids is 1. The highest BCUT2D eigenvalue weighted by Crippen LogP contribution is 2.26. The standard InChI is InChI=1S/C24H27N3O2/c1-18(15-19-7-9-21(29-2)10-8-19)24(28)27-13-11-26(12-14-27)23-17-25-16-20-5-3-4-6-22(20)23/h3-10,16-18H,11-15H2,1-2H3. The van der Waals surface area contributed by atoms with Gasteiger partial charge in [-0.05, 0) is 24.1 Å². The number of anilines is 1. The molecule has 150 valence electrons. The van der Waals surface area contributed by atoms with Crippen molar-refractivity contribution >= 4 is 22.4 Å². The number of carbonyl (C=O) groups is 1. The first-order valence-corrected chi connectivity index (χ1v) is 10.1. The van der Waals surface area contributed by atoms with E-state index in [9.17, 15) is 4.79 Å².